The summed E-state index contributed by atoms with van der Waals surface area (Å²) in [6.45, 7) is 2.03. The molecule has 0 spiro atoms. The Morgan fingerprint density at radius 1 is 0.867 bits per heavy atom. The molecule has 0 radical (unpaired) electrons. The molecule has 4 aromatic rings. The fourth-order valence-corrected chi connectivity index (χ4v) is 3.95. The first-order valence-corrected chi connectivity index (χ1v) is 10.6. The van der Waals surface area contributed by atoms with Gasteiger partial charge in [-0.15, -0.1) is 0 Å². The fraction of sp³-hybridized carbons (Fsp3) is 0.231. The van der Waals surface area contributed by atoms with Crippen LogP contribution >= 0.6 is 0 Å². The summed E-state index contributed by atoms with van der Waals surface area (Å²) in [5, 5.41) is 0. The fourth-order valence-electron chi connectivity index (χ4n) is 3.95. The number of carbonyl (C=O) groups excluding carboxylic acids is 1. The maximum absolute atomic E-state index is 13.4. The van der Waals surface area contributed by atoms with Gasteiger partial charge >= 0.3 is 0 Å². The van der Waals surface area contributed by atoms with Crippen molar-refractivity contribution < 1.29 is 4.79 Å². The van der Waals surface area contributed by atoms with Crippen LogP contribution in [0.2, 0.25) is 0 Å². The van der Waals surface area contributed by atoms with E-state index < -0.39 is 0 Å². The summed E-state index contributed by atoms with van der Waals surface area (Å²) in [6.07, 6.45) is 2.56. The number of carbonyl (C=O) groups is 1. The van der Waals surface area contributed by atoms with Crippen LogP contribution < -0.4 is 0 Å². The van der Waals surface area contributed by atoms with Crippen molar-refractivity contribution in [1.82, 2.24) is 14.5 Å². The molecule has 4 heteroatoms. The van der Waals surface area contributed by atoms with Crippen LogP contribution in [-0.2, 0) is 19.6 Å². The van der Waals surface area contributed by atoms with Crippen molar-refractivity contribution in [2.75, 3.05) is 0 Å². The highest BCUT2D eigenvalue weighted by atomic mass is 16.2. The zero-order chi connectivity index (χ0) is 20.3. The average Bonchev–Trinajstić information content (AvgIpc) is 3.56. The van der Waals surface area contributed by atoms with E-state index in [9.17, 15) is 4.79 Å². The lowest BCUT2D eigenvalue weighted by atomic mass is 10.1. The Balaban J connectivity index is 1.51. The van der Waals surface area contributed by atoms with Gasteiger partial charge in [-0.25, -0.2) is 4.98 Å². The number of rotatable bonds is 7. The van der Waals surface area contributed by atoms with Gasteiger partial charge in [-0.05, 0) is 48.6 Å². The highest BCUT2D eigenvalue weighted by molar-refractivity contribution is 5.94. The molecule has 3 aromatic carbocycles. The molecule has 1 amide bonds. The van der Waals surface area contributed by atoms with Gasteiger partial charge in [-0.1, -0.05) is 60.7 Å². The molecule has 30 heavy (non-hydrogen) atoms. The van der Waals surface area contributed by atoms with Crippen LogP contribution in [0.15, 0.2) is 84.9 Å². The molecule has 1 saturated carbocycles. The summed E-state index contributed by atoms with van der Waals surface area (Å²) in [7, 11) is 0. The molecule has 1 aliphatic carbocycles. The number of fused-ring (bicyclic) bond motifs is 1. The minimum atomic E-state index is 0.0319. The Hall–Kier alpha value is -3.40. The summed E-state index contributed by atoms with van der Waals surface area (Å²) in [4.78, 5) is 20.2. The molecule has 4 nitrogen and oxygen atoms in total. The van der Waals surface area contributed by atoms with Gasteiger partial charge in [-0.2, -0.15) is 0 Å². The number of imidazole rings is 1. The predicted octanol–water partition coefficient (Wildman–Crippen LogP) is 5.29. The van der Waals surface area contributed by atoms with E-state index in [1.807, 2.05) is 59.5 Å². The zero-order valence-corrected chi connectivity index (χ0v) is 16.9. The number of benzene rings is 3. The maximum Gasteiger partial charge on any atom is 0.254 e. The number of amides is 1. The molecule has 0 aliphatic heterocycles. The van der Waals surface area contributed by atoms with Gasteiger partial charge in [0.15, 0.2) is 0 Å². The van der Waals surface area contributed by atoms with Crippen molar-refractivity contribution in [1.29, 1.82) is 0 Å². The molecule has 1 heterocycles. The summed E-state index contributed by atoms with van der Waals surface area (Å²) in [5.74, 6) is 1.72. The molecule has 0 bridgehead atoms. The van der Waals surface area contributed by atoms with Crippen molar-refractivity contribution in [2.45, 2.75) is 32.5 Å². The summed E-state index contributed by atoms with van der Waals surface area (Å²) in [5.41, 5.74) is 3.98. The molecule has 5 rings (SSSR count). The monoisotopic (exact) mass is 395 g/mol. The minimum absolute atomic E-state index is 0.0319. The summed E-state index contributed by atoms with van der Waals surface area (Å²) < 4.78 is 2.32. The van der Waals surface area contributed by atoms with Gasteiger partial charge in [0.2, 0.25) is 0 Å². The van der Waals surface area contributed by atoms with E-state index in [1.54, 1.807) is 0 Å². The Morgan fingerprint density at radius 2 is 1.53 bits per heavy atom. The highest BCUT2D eigenvalue weighted by Gasteiger charge is 2.26. The molecule has 0 unspecified atom stereocenters. The number of nitrogens with zero attached hydrogens (tertiary/aromatic N) is 3. The number of hydrogen-bond acceptors (Lipinski definition) is 2. The topological polar surface area (TPSA) is 38.1 Å². The molecular weight excluding hydrogens is 370 g/mol. The lowest BCUT2D eigenvalue weighted by Crippen LogP contribution is -2.31. The van der Waals surface area contributed by atoms with Crippen molar-refractivity contribution in [3.8, 4) is 0 Å². The van der Waals surface area contributed by atoms with E-state index in [-0.39, 0.29) is 5.91 Å². The third-order valence-corrected chi connectivity index (χ3v) is 5.73. The highest BCUT2D eigenvalue weighted by Crippen LogP contribution is 2.32. The first-order valence-electron chi connectivity index (χ1n) is 10.6. The molecule has 1 fully saturated rings. The minimum Gasteiger partial charge on any atom is -0.327 e. The number of para-hydroxylation sites is 2. The zero-order valence-electron chi connectivity index (χ0n) is 16.9. The lowest BCUT2D eigenvalue weighted by Gasteiger charge is -2.23. The molecule has 0 N–H and O–H groups in total. The Kier molecular flexibility index (Phi) is 5.06. The van der Waals surface area contributed by atoms with Crippen LogP contribution in [0.4, 0.5) is 0 Å². The third-order valence-electron chi connectivity index (χ3n) is 5.73. The standard InChI is InChI=1S/C26H25N3O/c30-26(22-11-5-2-6-12-22)28(17-20-9-3-1-4-10-20)19-25-27-23-13-7-8-14-24(23)29(25)18-21-15-16-21/h1-14,21H,15-19H2. The smallest absolute Gasteiger partial charge is 0.254 e. The molecular formula is C26H25N3O. The van der Waals surface area contributed by atoms with Crippen LogP contribution in [-0.4, -0.2) is 20.4 Å². The van der Waals surface area contributed by atoms with Crippen LogP contribution in [0, 0.1) is 5.92 Å². The molecule has 1 aliphatic rings. The maximum atomic E-state index is 13.4. The largest absolute Gasteiger partial charge is 0.327 e. The SMILES string of the molecule is O=C(c1ccccc1)N(Cc1ccccc1)Cc1nc2ccccc2n1CC1CC1. The van der Waals surface area contributed by atoms with Gasteiger partial charge in [0.05, 0.1) is 17.6 Å². The Morgan fingerprint density at radius 3 is 2.27 bits per heavy atom. The number of aromatic nitrogens is 2. The van der Waals surface area contributed by atoms with E-state index >= 15 is 0 Å². The Bertz CT molecular complexity index is 1150. The van der Waals surface area contributed by atoms with Crippen LogP contribution in [0.1, 0.15) is 34.6 Å². The van der Waals surface area contributed by atoms with Crippen LogP contribution in [0.5, 0.6) is 0 Å². The van der Waals surface area contributed by atoms with Crippen LogP contribution in [0.3, 0.4) is 0 Å². The van der Waals surface area contributed by atoms with E-state index in [0.717, 1.165) is 34.9 Å². The molecule has 1 aromatic heterocycles. The first kappa shape index (κ1) is 18.6. The average molecular weight is 396 g/mol. The molecule has 0 saturated heterocycles. The van der Waals surface area contributed by atoms with Gasteiger partial charge in [-0.3, -0.25) is 4.79 Å². The van der Waals surface area contributed by atoms with Gasteiger partial charge < -0.3 is 9.47 Å². The van der Waals surface area contributed by atoms with Crippen molar-refractivity contribution >= 4 is 16.9 Å². The third kappa shape index (κ3) is 3.99. The van der Waals surface area contributed by atoms with Gasteiger partial charge in [0.25, 0.3) is 5.91 Å². The normalized spacial score (nSPS) is 13.5. The van der Waals surface area contributed by atoms with Crippen LogP contribution in [0.25, 0.3) is 11.0 Å². The second kappa shape index (κ2) is 8.15. The van der Waals surface area contributed by atoms with E-state index in [0.29, 0.717) is 18.7 Å². The van der Waals surface area contributed by atoms with Crippen molar-refractivity contribution in [3.05, 3.63) is 102 Å². The molecule has 0 atom stereocenters. The van der Waals surface area contributed by atoms with E-state index in [4.69, 9.17) is 4.98 Å². The van der Waals surface area contributed by atoms with Gasteiger partial charge in [0, 0.05) is 18.7 Å². The van der Waals surface area contributed by atoms with Crippen molar-refractivity contribution in [3.63, 3.8) is 0 Å². The quantitative estimate of drug-likeness (QED) is 0.426. The molecule has 150 valence electrons. The summed E-state index contributed by atoms with van der Waals surface area (Å²) in [6, 6.07) is 28.0. The first-order chi connectivity index (χ1) is 14.8. The van der Waals surface area contributed by atoms with Gasteiger partial charge in [0.1, 0.15) is 5.82 Å². The number of hydrogen-bond donors (Lipinski definition) is 0. The Labute approximate surface area is 176 Å². The van der Waals surface area contributed by atoms with E-state index in [2.05, 4.69) is 34.9 Å². The van der Waals surface area contributed by atoms with E-state index in [1.165, 1.54) is 12.8 Å². The lowest BCUT2D eigenvalue weighted by molar-refractivity contribution is 0.0723. The predicted molar refractivity (Wildman–Crippen MR) is 119 cm³/mol. The second-order valence-electron chi connectivity index (χ2n) is 8.08. The summed E-state index contributed by atoms with van der Waals surface area (Å²) >= 11 is 0. The van der Waals surface area contributed by atoms with Crippen molar-refractivity contribution in [2.24, 2.45) is 5.92 Å². The second-order valence-corrected chi connectivity index (χ2v) is 8.08.